The predicted molar refractivity (Wildman–Crippen MR) is 93.9 cm³/mol. The molecule has 0 saturated carbocycles. The van der Waals surface area contributed by atoms with E-state index in [1.54, 1.807) is 25.3 Å². The highest BCUT2D eigenvalue weighted by Crippen LogP contribution is 2.34. The topological polar surface area (TPSA) is 65.5 Å². The molecule has 0 bridgehead atoms. The van der Waals surface area contributed by atoms with Gasteiger partial charge in [-0.05, 0) is 37.6 Å². The van der Waals surface area contributed by atoms with Gasteiger partial charge in [0.1, 0.15) is 11.6 Å². The lowest BCUT2D eigenvalue weighted by atomic mass is 10.1. The Bertz CT molecular complexity index is 806. The van der Waals surface area contributed by atoms with Crippen LogP contribution in [0.15, 0.2) is 57.6 Å². The number of ether oxygens (including phenoxy) is 1. The molecule has 0 fully saturated rings. The van der Waals surface area contributed by atoms with Crippen molar-refractivity contribution in [1.82, 2.24) is 4.98 Å². The molecular formula is C20H21NO4. The van der Waals surface area contributed by atoms with E-state index in [1.165, 1.54) is 0 Å². The second kappa shape index (κ2) is 7.83. The van der Waals surface area contributed by atoms with Crippen LogP contribution in [0, 0.1) is 0 Å². The van der Waals surface area contributed by atoms with Gasteiger partial charge in [-0.2, -0.15) is 0 Å². The molecule has 0 saturated heterocycles. The summed E-state index contributed by atoms with van der Waals surface area (Å²) < 4.78 is 16.7. The largest absolute Gasteiger partial charge is 0.465 e. The van der Waals surface area contributed by atoms with E-state index in [1.807, 2.05) is 30.3 Å². The van der Waals surface area contributed by atoms with Crippen LogP contribution in [0.4, 0.5) is 0 Å². The predicted octanol–water partition coefficient (Wildman–Crippen LogP) is 5.05. The van der Waals surface area contributed by atoms with Gasteiger partial charge in [-0.25, -0.2) is 4.98 Å². The van der Waals surface area contributed by atoms with E-state index in [0.717, 1.165) is 18.4 Å². The number of nitrogens with zero attached hydrogens (tertiary/aromatic N) is 1. The third kappa shape index (κ3) is 3.82. The number of aromatic nitrogens is 1. The normalized spacial score (nSPS) is 12.1. The summed E-state index contributed by atoms with van der Waals surface area (Å²) in [6.07, 6.45) is 3.38. The van der Waals surface area contributed by atoms with Crippen LogP contribution in [0.5, 0.6) is 0 Å². The third-order valence-corrected chi connectivity index (χ3v) is 3.93. The summed E-state index contributed by atoms with van der Waals surface area (Å²) in [5, 5.41) is 0. The van der Waals surface area contributed by atoms with Crippen molar-refractivity contribution in [2.75, 3.05) is 6.61 Å². The Labute approximate surface area is 146 Å². The van der Waals surface area contributed by atoms with E-state index in [2.05, 4.69) is 11.9 Å². The van der Waals surface area contributed by atoms with Gasteiger partial charge in [0.05, 0.1) is 12.9 Å². The molecule has 0 spiro atoms. The molecule has 0 amide bonds. The average Bonchev–Trinajstić information content (AvgIpc) is 3.31. The van der Waals surface area contributed by atoms with Gasteiger partial charge >= 0.3 is 5.97 Å². The fourth-order valence-corrected chi connectivity index (χ4v) is 2.47. The fourth-order valence-electron chi connectivity index (χ4n) is 2.47. The highest BCUT2D eigenvalue weighted by molar-refractivity contribution is 5.80. The molecule has 0 radical (unpaired) electrons. The Morgan fingerprint density at radius 2 is 2.00 bits per heavy atom. The molecule has 2 aromatic heterocycles. The van der Waals surface area contributed by atoms with Crippen molar-refractivity contribution in [1.29, 1.82) is 0 Å². The summed E-state index contributed by atoms with van der Waals surface area (Å²) in [5.41, 5.74) is 1.36. The van der Waals surface area contributed by atoms with Crippen molar-refractivity contribution in [2.24, 2.45) is 0 Å². The molecular weight excluding hydrogens is 318 g/mol. The Balaban J connectivity index is 1.94. The molecule has 130 valence electrons. The van der Waals surface area contributed by atoms with E-state index >= 15 is 0 Å². The highest BCUT2D eigenvalue weighted by Gasteiger charge is 2.28. The molecule has 1 unspecified atom stereocenters. The summed E-state index contributed by atoms with van der Waals surface area (Å²) >= 11 is 0. The summed E-state index contributed by atoms with van der Waals surface area (Å²) in [7, 11) is 0. The van der Waals surface area contributed by atoms with Crippen molar-refractivity contribution in [3.63, 3.8) is 0 Å². The van der Waals surface area contributed by atoms with Crippen LogP contribution in [0.1, 0.15) is 38.3 Å². The summed E-state index contributed by atoms with van der Waals surface area (Å²) in [6.45, 7) is 4.24. The van der Waals surface area contributed by atoms with Gasteiger partial charge in [0, 0.05) is 5.56 Å². The first-order chi connectivity index (χ1) is 12.2. The Hall–Kier alpha value is -2.82. The van der Waals surface area contributed by atoms with Crippen molar-refractivity contribution in [3.8, 4) is 23.0 Å². The minimum Gasteiger partial charge on any atom is -0.465 e. The van der Waals surface area contributed by atoms with E-state index in [4.69, 9.17) is 13.6 Å². The van der Waals surface area contributed by atoms with Crippen LogP contribution in [-0.4, -0.2) is 17.6 Å². The summed E-state index contributed by atoms with van der Waals surface area (Å²) in [4.78, 5) is 16.9. The lowest BCUT2D eigenvalue weighted by Gasteiger charge is -2.09. The highest BCUT2D eigenvalue weighted by atomic mass is 16.5. The number of carbonyl (C=O) groups excluding carboxylic acids is 1. The molecule has 3 rings (SSSR count). The zero-order valence-corrected chi connectivity index (χ0v) is 14.4. The minimum absolute atomic E-state index is 0.311. The van der Waals surface area contributed by atoms with Gasteiger partial charge < -0.3 is 13.6 Å². The first-order valence-electron chi connectivity index (χ1n) is 8.47. The molecule has 2 heterocycles. The number of carbonyl (C=O) groups is 1. The van der Waals surface area contributed by atoms with Crippen LogP contribution in [0.25, 0.3) is 23.0 Å². The van der Waals surface area contributed by atoms with Crippen LogP contribution in [-0.2, 0) is 9.53 Å². The number of esters is 1. The zero-order valence-electron chi connectivity index (χ0n) is 14.4. The van der Waals surface area contributed by atoms with Gasteiger partial charge in [-0.3, -0.25) is 4.79 Å². The van der Waals surface area contributed by atoms with E-state index in [9.17, 15) is 4.79 Å². The number of oxazole rings is 1. The SMILES string of the molecule is CCCCOC(=O)C(C)c1nc(-c2ccccc2)oc1-c1ccco1. The van der Waals surface area contributed by atoms with E-state index < -0.39 is 5.92 Å². The Morgan fingerprint density at radius 1 is 1.20 bits per heavy atom. The van der Waals surface area contributed by atoms with E-state index in [0.29, 0.717) is 29.7 Å². The van der Waals surface area contributed by atoms with Gasteiger partial charge in [-0.15, -0.1) is 0 Å². The zero-order chi connectivity index (χ0) is 17.6. The first-order valence-corrected chi connectivity index (χ1v) is 8.47. The molecule has 1 atom stereocenters. The van der Waals surface area contributed by atoms with Gasteiger partial charge in [0.25, 0.3) is 0 Å². The Morgan fingerprint density at radius 3 is 2.68 bits per heavy atom. The first kappa shape index (κ1) is 17.0. The molecule has 1 aromatic carbocycles. The van der Waals surface area contributed by atoms with Crippen molar-refractivity contribution in [2.45, 2.75) is 32.6 Å². The van der Waals surface area contributed by atoms with Crippen LogP contribution < -0.4 is 0 Å². The fraction of sp³-hybridized carbons (Fsp3) is 0.300. The maximum absolute atomic E-state index is 12.4. The second-order valence-corrected chi connectivity index (χ2v) is 5.82. The number of hydrogen-bond acceptors (Lipinski definition) is 5. The molecule has 5 heteroatoms. The average molecular weight is 339 g/mol. The quantitative estimate of drug-likeness (QED) is 0.445. The lowest BCUT2D eigenvalue weighted by molar-refractivity contribution is -0.145. The maximum Gasteiger partial charge on any atom is 0.314 e. The van der Waals surface area contributed by atoms with Gasteiger partial charge in [-0.1, -0.05) is 31.5 Å². The van der Waals surface area contributed by atoms with Gasteiger partial charge in [0.15, 0.2) is 11.5 Å². The smallest absolute Gasteiger partial charge is 0.314 e. The minimum atomic E-state index is -0.543. The molecule has 0 aliphatic carbocycles. The van der Waals surface area contributed by atoms with Crippen LogP contribution >= 0.6 is 0 Å². The standard InChI is InChI=1S/C20H21NO4/c1-3-4-12-24-20(22)14(2)17-18(16-11-8-13-23-16)25-19(21-17)15-9-6-5-7-10-15/h5-11,13-14H,3-4,12H2,1-2H3. The molecule has 3 aromatic rings. The van der Waals surface area contributed by atoms with Crippen LogP contribution in [0.3, 0.4) is 0 Å². The van der Waals surface area contributed by atoms with Crippen molar-refractivity contribution < 1.29 is 18.4 Å². The summed E-state index contributed by atoms with van der Waals surface area (Å²) in [6, 6.07) is 13.1. The van der Waals surface area contributed by atoms with E-state index in [-0.39, 0.29) is 5.97 Å². The molecule has 0 aliphatic rings. The number of benzene rings is 1. The van der Waals surface area contributed by atoms with Crippen molar-refractivity contribution >= 4 is 5.97 Å². The molecule has 0 N–H and O–H groups in total. The second-order valence-electron chi connectivity index (χ2n) is 5.82. The molecule has 5 nitrogen and oxygen atoms in total. The summed E-state index contributed by atoms with van der Waals surface area (Å²) in [5.74, 6) is 0.601. The van der Waals surface area contributed by atoms with Crippen molar-refractivity contribution in [3.05, 3.63) is 54.4 Å². The maximum atomic E-state index is 12.4. The van der Waals surface area contributed by atoms with Gasteiger partial charge in [0.2, 0.25) is 5.89 Å². The number of rotatable bonds is 7. The number of hydrogen-bond donors (Lipinski definition) is 0. The number of unbranched alkanes of at least 4 members (excludes halogenated alkanes) is 1. The number of furan rings is 1. The Kier molecular flexibility index (Phi) is 5.33. The molecule has 25 heavy (non-hydrogen) atoms. The lowest BCUT2D eigenvalue weighted by Crippen LogP contribution is -2.15. The van der Waals surface area contributed by atoms with Crippen LogP contribution in [0.2, 0.25) is 0 Å². The third-order valence-electron chi connectivity index (χ3n) is 3.93. The monoisotopic (exact) mass is 339 g/mol. The molecule has 0 aliphatic heterocycles.